The van der Waals surface area contributed by atoms with Crippen LogP contribution in [0.15, 0.2) is 71.8 Å². The number of benzene rings is 3. The monoisotopic (exact) mass is 435 g/mol. The molecule has 32 heavy (non-hydrogen) atoms. The van der Waals surface area contributed by atoms with Gasteiger partial charge in [0.25, 0.3) is 11.8 Å². The molecule has 0 fully saturated rings. The summed E-state index contributed by atoms with van der Waals surface area (Å²) in [4.78, 5) is 24.9. The van der Waals surface area contributed by atoms with Gasteiger partial charge in [-0.25, -0.2) is 9.82 Å². The zero-order valence-electron chi connectivity index (χ0n) is 17.8. The molecule has 0 aliphatic heterocycles. The van der Waals surface area contributed by atoms with Gasteiger partial charge in [0.2, 0.25) is 0 Å². The van der Waals surface area contributed by atoms with Crippen molar-refractivity contribution in [3.63, 3.8) is 0 Å². The first kappa shape index (κ1) is 22.5. The molecule has 0 saturated carbocycles. The molecule has 8 heteroatoms. The van der Waals surface area contributed by atoms with Gasteiger partial charge < -0.3 is 14.8 Å². The highest BCUT2D eigenvalue weighted by Gasteiger charge is 2.11. The highest BCUT2D eigenvalue weighted by molar-refractivity contribution is 6.05. The maximum absolute atomic E-state index is 13.0. The number of nitrogens with one attached hydrogen (secondary N) is 2. The van der Waals surface area contributed by atoms with Crippen molar-refractivity contribution in [3.8, 4) is 11.5 Å². The summed E-state index contributed by atoms with van der Waals surface area (Å²) in [6.45, 7) is 1.74. The number of anilines is 1. The van der Waals surface area contributed by atoms with Gasteiger partial charge in [-0.3, -0.25) is 9.59 Å². The van der Waals surface area contributed by atoms with E-state index in [-0.39, 0.29) is 0 Å². The third-order valence-corrected chi connectivity index (χ3v) is 4.61. The van der Waals surface area contributed by atoms with Crippen LogP contribution in [0, 0.1) is 5.82 Å². The molecule has 0 atom stereocenters. The zero-order chi connectivity index (χ0) is 23.1. The van der Waals surface area contributed by atoms with Gasteiger partial charge in [-0.2, -0.15) is 5.10 Å². The first-order valence-corrected chi connectivity index (χ1v) is 9.65. The first-order valence-electron chi connectivity index (χ1n) is 9.65. The minimum Gasteiger partial charge on any atom is -0.497 e. The second-order valence-corrected chi connectivity index (χ2v) is 6.75. The molecule has 0 unspecified atom stereocenters. The smallest absolute Gasteiger partial charge is 0.271 e. The lowest BCUT2D eigenvalue weighted by Crippen LogP contribution is -2.20. The number of rotatable bonds is 7. The second kappa shape index (κ2) is 10.2. The lowest BCUT2D eigenvalue weighted by molar-refractivity contribution is 0.0953. The highest BCUT2D eigenvalue weighted by atomic mass is 19.1. The number of hydrogen-bond donors (Lipinski definition) is 2. The van der Waals surface area contributed by atoms with Crippen LogP contribution in [0.3, 0.4) is 0 Å². The average molecular weight is 435 g/mol. The fourth-order valence-corrected chi connectivity index (χ4v) is 2.90. The summed E-state index contributed by atoms with van der Waals surface area (Å²) >= 11 is 0. The molecule has 0 aliphatic carbocycles. The van der Waals surface area contributed by atoms with Crippen molar-refractivity contribution in [1.82, 2.24) is 5.43 Å². The summed E-state index contributed by atoms with van der Waals surface area (Å²) in [6.07, 6.45) is 0. The van der Waals surface area contributed by atoms with E-state index < -0.39 is 17.6 Å². The normalized spacial score (nSPS) is 10.9. The molecule has 0 saturated heterocycles. The standard InChI is InChI=1S/C24H22FN3O4/c1-15(21-12-11-20(31-2)14-22(21)32-3)27-28-24(30)17-5-4-6-19(13-17)26-23(29)16-7-9-18(25)10-8-16/h4-14H,1-3H3,(H,26,29)(H,28,30). The molecule has 7 nitrogen and oxygen atoms in total. The Labute approximate surface area is 184 Å². The van der Waals surface area contributed by atoms with E-state index in [1.807, 2.05) is 0 Å². The van der Waals surface area contributed by atoms with Crippen LogP contribution < -0.4 is 20.2 Å². The van der Waals surface area contributed by atoms with Crippen LogP contribution in [0.4, 0.5) is 10.1 Å². The van der Waals surface area contributed by atoms with E-state index in [4.69, 9.17) is 9.47 Å². The number of halogens is 1. The maximum Gasteiger partial charge on any atom is 0.271 e. The molecule has 3 aromatic carbocycles. The van der Waals surface area contributed by atoms with Gasteiger partial charge in [-0.1, -0.05) is 6.07 Å². The Hall–Kier alpha value is -4.20. The van der Waals surface area contributed by atoms with E-state index in [2.05, 4.69) is 15.8 Å². The Morgan fingerprint density at radius 3 is 2.31 bits per heavy atom. The zero-order valence-corrected chi connectivity index (χ0v) is 17.8. The lowest BCUT2D eigenvalue weighted by Gasteiger charge is -2.10. The van der Waals surface area contributed by atoms with Crippen LogP contribution in [0.5, 0.6) is 11.5 Å². The van der Waals surface area contributed by atoms with Crippen LogP contribution in [0.1, 0.15) is 33.2 Å². The molecule has 0 heterocycles. The SMILES string of the molecule is COc1ccc(C(C)=NNC(=O)c2cccc(NC(=O)c3ccc(F)cc3)c2)c(OC)c1. The number of nitrogens with zero attached hydrogens (tertiary/aromatic N) is 1. The number of amides is 2. The fourth-order valence-electron chi connectivity index (χ4n) is 2.90. The molecule has 3 aromatic rings. The molecule has 0 radical (unpaired) electrons. The van der Waals surface area contributed by atoms with Crippen molar-refractivity contribution in [2.45, 2.75) is 6.92 Å². The van der Waals surface area contributed by atoms with E-state index in [0.29, 0.717) is 39.6 Å². The van der Waals surface area contributed by atoms with Gasteiger partial charge in [-0.05, 0) is 61.5 Å². The van der Waals surface area contributed by atoms with Gasteiger partial charge in [0.1, 0.15) is 17.3 Å². The van der Waals surface area contributed by atoms with Crippen LogP contribution in [-0.2, 0) is 0 Å². The lowest BCUT2D eigenvalue weighted by atomic mass is 10.1. The second-order valence-electron chi connectivity index (χ2n) is 6.75. The number of hydrogen-bond acceptors (Lipinski definition) is 5. The summed E-state index contributed by atoms with van der Waals surface area (Å²) in [7, 11) is 3.10. The van der Waals surface area contributed by atoms with Crippen molar-refractivity contribution in [2.24, 2.45) is 5.10 Å². The molecule has 3 rings (SSSR count). The average Bonchev–Trinajstić information content (AvgIpc) is 2.82. The number of carbonyl (C=O) groups is 2. The Bertz CT molecular complexity index is 1160. The maximum atomic E-state index is 13.0. The number of methoxy groups -OCH3 is 2. The molecule has 0 bridgehead atoms. The number of ether oxygens (including phenoxy) is 2. The van der Waals surface area contributed by atoms with Crippen molar-refractivity contribution < 1.29 is 23.5 Å². The Morgan fingerprint density at radius 2 is 1.62 bits per heavy atom. The molecular formula is C24H22FN3O4. The van der Waals surface area contributed by atoms with E-state index in [1.54, 1.807) is 50.4 Å². The molecular weight excluding hydrogens is 413 g/mol. The molecule has 2 N–H and O–H groups in total. The Morgan fingerprint density at radius 1 is 0.875 bits per heavy atom. The predicted octanol–water partition coefficient (Wildman–Crippen LogP) is 4.25. The summed E-state index contributed by atoms with van der Waals surface area (Å²) < 4.78 is 23.6. The largest absolute Gasteiger partial charge is 0.497 e. The minimum absolute atomic E-state index is 0.301. The van der Waals surface area contributed by atoms with E-state index >= 15 is 0 Å². The van der Waals surface area contributed by atoms with E-state index in [1.165, 1.54) is 37.4 Å². The van der Waals surface area contributed by atoms with Crippen molar-refractivity contribution in [1.29, 1.82) is 0 Å². The van der Waals surface area contributed by atoms with Gasteiger partial charge in [-0.15, -0.1) is 0 Å². The first-order chi connectivity index (χ1) is 15.4. The number of hydrazone groups is 1. The van der Waals surface area contributed by atoms with Crippen LogP contribution >= 0.6 is 0 Å². The third-order valence-electron chi connectivity index (χ3n) is 4.61. The quantitative estimate of drug-likeness (QED) is 0.429. The third kappa shape index (κ3) is 5.48. The molecule has 164 valence electrons. The molecule has 2 amide bonds. The van der Waals surface area contributed by atoms with Crippen LogP contribution in [-0.4, -0.2) is 31.7 Å². The fraction of sp³-hybridized carbons (Fsp3) is 0.125. The van der Waals surface area contributed by atoms with Gasteiger partial charge in [0.15, 0.2) is 0 Å². The van der Waals surface area contributed by atoms with Crippen LogP contribution in [0.25, 0.3) is 0 Å². The van der Waals surface area contributed by atoms with Crippen LogP contribution in [0.2, 0.25) is 0 Å². The van der Waals surface area contributed by atoms with Gasteiger partial charge in [0, 0.05) is 28.4 Å². The Kier molecular flexibility index (Phi) is 7.17. The Balaban J connectivity index is 1.70. The molecule has 0 spiro atoms. The van der Waals surface area contributed by atoms with Gasteiger partial charge in [0.05, 0.1) is 19.9 Å². The number of carbonyl (C=O) groups excluding carboxylic acids is 2. The molecule has 0 aliphatic rings. The summed E-state index contributed by atoms with van der Waals surface area (Å²) in [5.74, 6) is -0.0895. The van der Waals surface area contributed by atoms with Gasteiger partial charge >= 0.3 is 0 Å². The van der Waals surface area contributed by atoms with E-state index in [0.717, 1.165) is 0 Å². The summed E-state index contributed by atoms with van der Waals surface area (Å²) in [5.41, 5.74) is 4.77. The minimum atomic E-state index is -0.449. The highest BCUT2D eigenvalue weighted by Crippen LogP contribution is 2.25. The van der Waals surface area contributed by atoms with Crippen molar-refractivity contribution >= 4 is 23.2 Å². The van der Waals surface area contributed by atoms with E-state index in [9.17, 15) is 14.0 Å². The summed E-state index contributed by atoms with van der Waals surface area (Å²) in [6, 6.07) is 16.9. The van der Waals surface area contributed by atoms with Crippen molar-refractivity contribution in [2.75, 3.05) is 19.5 Å². The molecule has 0 aromatic heterocycles. The predicted molar refractivity (Wildman–Crippen MR) is 120 cm³/mol. The summed E-state index contributed by atoms with van der Waals surface area (Å²) in [5, 5.41) is 6.84. The van der Waals surface area contributed by atoms with Crippen molar-refractivity contribution in [3.05, 3.63) is 89.2 Å². The topological polar surface area (TPSA) is 89.0 Å².